The smallest absolute Gasteiger partial charge is 0.257 e. The number of aromatic nitrogens is 3. The van der Waals surface area contributed by atoms with Gasteiger partial charge in [-0.05, 0) is 18.2 Å². The molecule has 0 radical (unpaired) electrons. The second-order valence-corrected chi connectivity index (χ2v) is 5.23. The third kappa shape index (κ3) is 4.45. The van der Waals surface area contributed by atoms with E-state index in [0.29, 0.717) is 0 Å². The summed E-state index contributed by atoms with van der Waals surface area (Å²) in [4.78, 5) is 23.7. The predicted octanol–water partition coefficient (Wildman–Crippen LogP) is 3.85. The Kier molecular flexibility index (Phi) is 4.80. The number of anilines is 1. The molecule has 2 heterocycles. The van der Waals surface area contributed by atoms with Crippen LogP contribution in [0.4, 0.5) is 14.6 Å². The summed E-state index contributed by atoms with van der Waals surface area (Å²) in [5.74, 6) is -1.64. The fourth-order valence-corrected chi connectivity index (χ4v) is 2.12. The van der Waals surface area contributed by atoms with Crippen LogP contribution in [0, 0.1) is 11.6 Å². The van der Waals surface area contributed by atoms with Crippen molar-refractivity contribution in [3.8, 4) is 11.6 Å². The zero-order valence-electron chi connectivity index (χ0n) is 12.4. The van der Waals surface area contributed by atoms with E-state index in [1.165, 1.54) is 24.7 Å². The number of pyridine rings is 1. The number of hydrogen-bond donors (Lipinski definition) is 1. The number of carbonyl (C=O) groups is 1. The summed E-state index contributed by atoms with van der Waals surface area (Å²) in [6.45, 7) is 0. The third-order valence-electron chi connectivity index (χ3n) is 2.88. The maximum absolute atomic E-state index is 13.3. The first-order chi connectivity index (χ1) is 12.0. The van der Waals surface area contributed by atoms with Crippen molar-refractivity contribution in [2.45, 2.75) is 0 Å². The van der Waals surface area contributed by atoms with Crippen LogP contribution in [-0.4, -0.2) is 20.9 Å². The number of benzene rings is 1. The zero-order chi connectivity index (χ0) is 17.8. The van der Waals surface area contributed by atoms with E-state index in [-0.39, 0.29) is 28.0 Å². The van der Waals surface area contributed by atoms with Crippen molar-refractivity contribution in [3.63, 3.8) is 0 Å². The summed E-state index contributed by atoms with van der Waals surface area (Å²) in [6, 6.07) is 4.55. The molecule has 6 nitrogen and oxygen atoms in total. The molecule has 9 heteroatoms. The van der Waals surface area contributed by atoms with Crippen LogP contribution in [0.1, 0.15) is 10.4 Å². The highest BCUT2D eigenvalue weighted by Crippen LogP contribution is 2.20. The Morgan fingerprint density at radius 3 is 2.56 bits per heavy atom. The number of carbonyl (C=O) groups excluding carboxylic acids is 1. The Hall–Kier alpha value is -3.13. The van der Waals surface area contributed by atoms with E-state index < -0.39 is 17.5 Å². The van der Waals surface area contributed by atoms with Gasteiger partial charge in [0.25, 0.3) is 5.91 Å². The van der Waals surface area contributed by atoms with E-state index >= 15 is 0 Å². The Balaban J connectivity index is 1.76. The van der Waals surface area contributed by atoms with Gasteiger partial charge in [0.15, 0.2) is 11.6 Å². The van der Waals surface area contributed by atoms with Crippen LogP contribution >= 0.6 is 11.6 Å². The summed E-state index contributed by atoms with van der Waals surface area (Å²) in [7, 11) is 0. The van der Waals surface area contributed by atoms with Crippen LogP contribution in [0.3, 0.4) is 0 Å². The van der Waals surface area contributed by atoms with Crippen molar-refractivity contribution in [2.75, 3.05) is 5.32 Å². The molecule has 0 fully saturated rings. The zero-order valence-corrected chi connectivity index (χ0v) is 13.2. The van der Waals surface area contributed by atoms with Crippen molar-refractivity contribution in [3.05, 3.63) is 71.3 Å². The molecule has 0 aliphatic heterocycles. The Morgan fingerprint density at radius 1 is 1.00 bits per heavy atom. The van der Waals surface area contributed by atoms with Gasteiger partial charge in [-0.3, -0.25) is 14.8 Å². The minimum absolute atomic E-state index is 0.0162. The van der Waals surface area contributed by atoms with Crippen LogP contribution in [-0.2, 0) is 0 Å². The number of ether oxygens (including phenoxy) is 1. The first kappa shape index (κ1) is 16.7. The van der Waals surface area contributed by atoms with Crippen molar-refractivity contribution in [2.24, 2.45) is 0 Å². The van der Waals surface area contributed by atoms with Crippen LogP contribution in [0.25, 0.3) is 0 Å². The highest BCUT2D eigenvalue weighted by atomic mass is 35.5. The predicted molar refractivity (Wildman–Crippen MR) is 85.7 cm³/mol. The van der Waals surface area contributed by atoms with Crippen LogP contribution in [0.15, 0.2) is 49.1 Å². The van der Waals surface area contributed by atoms with Gasteiger partial charge in [-0.15, -0.1) is 0 Å². The van der Waals surface area contributed by atoms with Gasteiger partial charge in [0.1, 0.15) is 11.6 Å². The Bertz CT molecular complexity index is 919. The van der Waals surface area contributed by atoms with Crippen molar-refractivity contribution >= 4 is 23.3 Å². The van der Waals surface area contributed by atoms with Crippen molar-refractivity contribution in [1.29, 1.82) is 0 Å². The summed E-state index contributed by atoms with van der Waals surface area (Å²) in [5.41, 5.74) is 0.0208. The van der Waals surface area contributed by atoms with E-state index in [9.17, 15) is 13.6 Å². The van der Waals surface area contributed by atoms with E-state index in [1.54, 1.807) is 0 Å². The fourth-order valence-electron chi connectivity index (χ4n) is 1.90. The fraction of sp³-hybridized carbons (Fsp3) is 0. The molecule has 0 aliphatic carbocycles. The number of halogens is 3. The van der Waals surface area contributed by atoms with Crippen LogP contribution < -0.4 is 10.1 Å². The highest BCUT2D eigenvalue weighted by Gasteiger charge is 2.11. The number of hydrogen-bond acceptors (Lipinski definition) is 5. The van der Waals surface area contributed by atoms with Gasteiger partial charge in [0.2, 0.25) is 5.88 Å². The molecule has 126 valence electrons. The molecule has 0 saturated carbocycles. The van der Waals surface area contributed by atoms with E-state index in [0.717, 1.165) is 24.4 Å². The normalized spacial score (nSPS) is 10.4. The molecule has 1 amide bonds. The number of amides is 1. The molecule has 0 saturated heterocycles. The molecule has 0 atom stereocenters. The lowest BCUT2D eigenvalue weighted by Crippen LogP contribution is -2.13. The maximum atomic E-state index is 13.3. The van der Waals surface area contributed by atoms with Gasteiger partial charge in [-0.1, -0.05) is 11.6 Å². The van der Waals surface area contributed by atoms with Crippen molar-refractivity contribution < 1.29 is 18.3 Å². The molecule has 0 aliphatic rings. The van der Waals surface area contributed by atoms with Gasteiger partial charge < -0.3 is 10.1 Å². The second kappa shape index (κ2) is 7.18. The molecular formula is C16H9ClF2N4O2. The van der Waals surface area contributed by atoms with Gasteiger partial charge >= 0.3 is 0 Å². The summed E-state index contributed by atoms with van der Waals surface area (Å²) in [5, 5.41) is 2.53. The van der Waals surface area contributed by atoms with Gasteiger partial charge in [-0.2, -0.15) is 4.98 Å². The summed E-state index contributed by atoms with van der Waals surface area (Å²) in [6.07, 6.45) is 4.87. The lowest BCUT2D eigenvalue weighted by Gasteiger charge is -2.07. The molecule has 3 aromatic rings. The first-order valence-corrected chi connectivity index (χ1v) is 7.25. The average Bonchev–Trinajstić information content (AvgIpc) is 2.54. The molecule has 0 spiro atoms. The summed E-state index contributed by atoms with van der Waals surface area (Å²) >= 11 is 5.72. The van der Waals surface area contributed by atoms with E-state index in [4.69, 9.17) is 16.3 Å². The minimum atomic E-state index is -0.639. The maximum Gasteiger partial charge on any atom is 0.257 e. The largest absolute Gasteiger partial charge is 0.436 e. The standard InChI is InChI=1S/C16H9ClF2N4O2/c17-10-1-9(2-11(18)3-10)16(24)23-14-7-21-8-15(22-14)25-13-4-12(19)5-20-6-13/h1-8H,(H,22,23,24). The van der Waals surface area contributed by atoms with Gasteiger partial charge in [-0.25, -0.2) is 8.78 Å². The molecule has 25 heavy (non-hydrogen) atoms. The second-order valence-electron chi connectivity index (χ2n) is 4.80. The summed E-state index contributed by atoms with van der Waals surface area (Å²) < 4.78 is 31.7. The lowest BCUT2D eigenvalue weighted by atomic mass is 10.2. The van der Waals surface area contributed by atoms with Crippen molar-refractivity contribution in [1.82, 2.24) is 15.0 Å². The van der Waals surface area contributed by atoms with E-state index in [1.807, 2.05) is 0 Å². The van der Waals surface area contributed by atoms with Gasteiger partial charge in [0, 0.05) is 16.7 Å². The van der Waals surface area contributed by atoms with E-state index in [2.05, 4.69) is 20.3 Å². The van der Waals surface area contributed by atoms with Crippen LogP contribution in [0.5, 0.6) is 11.6 Å². The first-order valence-electron chi connectivity index (χ1n) is 6.87. The Labute approximate surface area is 145 Å². The minimum Gasteiger partial charge on any atom is -0.436 e. The molecule has 1 N–H and O–H groups in total. The average molecular weight is 363 g/mol. The number of nitrogens with one attached hydrogen (secondary N) is 1. The highest BCUT2D eigenvalue weighted by molar-refractivity contribution is 6.31. The van der Waals surface area contributed by atoms with Gasteiger partial charge in [0.05, 0.1) is 24.8 Å². The topological polar surface area (TPSA) is 77.0 Å². The molecular weight excluding hydrogens is 354 g/mol. The monoisotopic (exact) mass is 362 g/mol. The molecule has 1 aromatic carbocycles. The molecule has 0 bridgehead atoms. The SMILES string of the molecule is O=C(Nc1cncc(Oc2cncc(F)c2)n1)c1cc(F)cc(Cl)c1. The third-order valence-corrected chi connectivity index (χ3v) is 3.10. The molecule has 2 aromatic heterocycles. The number of nitrogens with zero attached hydrogens (tertiary/aromatic N) is 3. The molecule has 3 rings (SSSR count). The lowest BCUT2D eigenvalue weighted by molar-refractivity contribution is 0.102. The van der Waals surface area contributed by atoms with Crippen LogP contribution in [0.2, 0.25) is 5.02 Å². The molecule has 0 unspecified atom stereocenters. The number of rotatable bonds is 4. The quantitative estimate of drug-likeness (QED) is 0.762. The Morgan fingerprint density at radius 2 is 1.80 bits per heavy atom.